The fourth-order valence-corrected chi connectivity index (χ4v) is 2.83. The Morgan fingerprint density at radius 2 is 1.55 bits per heavy atom. The molecule has 1 nitrogen and oxygen atoms in total. The van der Waals surface area contributed by atoms with Crippen molar-refractivity contribution < 1.29 is 5.11 Å². The molecule has 0 bridgehead atoms. The molecule has 2 aromatic carbocycles. The summed E-state index contributed by atoms with van der Waals surface area (Å²) in [5, 5.41) is 10.1. The molecule has 1 unspecified atom stereocenters. The van der Waals surface area contributed by atoms with Gasteiger partial charge in [-0.25, -0.2) is 0 Å². The Morgan fingerprint density at radius 1 is 0.900 bits per heavy atom. The SMILES string of the molecule is CCCCC(CC)c1ccccc1-c1ccccc1O. The molecule has 1 N–H and O–H groups in total. The fraction of sp³-hybridized carbons (Fsp3) is 0.368. The van der Waals surface area contributed by atoms with Crippen LogP contribution in [0.25, 0.3) is 11.1 Å². The van der Waals surface area contributed by atoms with E-state index in [0.29, 0.717) is 11.7 Å². The van der Waals surface area contributed by atoms with Crippen LogP contribution in [0.15, 0.2) is 48.5 Å². The van der Waals surface area contributed by atoms with E-state index in [4.69, 9.17) is 0 Å². The number of phenolic OH excluding ortho intramolecular Hbond substituents is 1. The van der Waals surface area contributed by atoms with E-state index in [1.165, 1.54) is 30.4 Å². The van der Waals surface area contributed by atoms with E-state index in [9.17, 15) is 5.11 Å². The van der Waals surface area contributed by atoms with Crippen molar-refractivity contribution in [2.45, 2.75) is 45.4 Å². The van der Waals surface area contributed by atoms with Crippen LogP contribution in [0.4, 0.5) is 0 Å². The van der Waals surface area contributed by atoms with Gasteiger partial charge in [-0.15, -0.1) is 0 Å². The van der Waals surface area contributed by atoms with Crippen LogP contribution in [0.5, 0.6) is 5.75 Å². The van der Waals surface area contributed by atoms with Gasteiger partial charge in [-0.3, -0.25) is 0 Å². The monoisotopic (exact) mass is 268 g/mol. The van der Waals surface area contributed by atoms with Crippen molar-refractivity contribution >= 4 is 0 Å². The minimum Gasteiger partial charge on any atom is -0.507 e. The Hall–Kier alpha value is -1.76. The third kappa shape index (κ3) is 3.22. The topological polar surface area (TPSA) is 20.2 Å². The van der Waals surface area contributed by atoms with Crippen molar-refractivity contribution in [3.8, 4) is 16.9 Å². The molecule has 2 aromatic rings. The highest BCUT2D eigenvalue weighted by atomic mass is 16.3. The molecule has 0 fully saturated rings. The van der Waals surface area contributed by atoms with Gasteiger partial charge in [0.2, 0.25) is 0 Å². The third-order valence-electron chi connectivity index (χ3n) is 3.99. The van der Waals surface area contributed by atoms with Crippen LogP contribution in [0.3, 0.4) is 0 Å². The zero-order valence-electron chi connectivity index (χ0n) is 12.5. The molecule has 0 saturated carbocycles. The molecule has 1 atom stereocenters. The van der Waals surface area contributed by atoms with Crippen molar-refractivity contribution in [1.29, 1.82) is 0 Å². The van der Waals surface area contributed by atoms with E-state index in [-0.39, 0.29) is 0 Å². The summed E-state index contributed by atoms with van der Waals surface area (Å²) in [6.45, 7) is 4.49. The van der Waals surface area contributed by atoms with Crippen LogP contribution in [0.2, 0.25) is 0 Å². The number of aromatic hydroxyl groups is 1. The average Bonchev–Trinajstić information content (AvgIpc) is 2.49. The maximum Gasteiger partial charge on any atom is 0.123 e. The summed E-state index contributed by atoms with van der Waals surface area (Å²) in [6.07, 6.45) is 4.85. The van der Waals surface area contributed by atoms with Crippen LogP contribution in [0, 0.1) is 0 Å². The van der Waals surface area contributed by atoms with Gasteiger partial charge in [0, 0.05) is 5.56 Å². The molecule has 0 saturated heterocycles. The van der Waals surface area contributed by atoms with Gasteiger partial charge in [0.15, 0.2) is 0 Å². The molecule has 0 aliphatic rings. The molecular formula is C19H24O. The Labute approximate surface area is 122 Å². The van der Waals surface area contributed by atoms with E-state index in [0.717, 1.165) is 12.0 Å². The minimum absolute atomic E-state index is 0.366. The lowest BCUT2D eigenvalue weighted by atomic mass is 9.85. The van der Waals surface area contributed by atoms with Crippen molar-refractivity contribution in [1.82, 2.24) is 0 Å². The molecule has 0 spiro atoms. The second-order valence-corrected chi connectivity index (χ2v) is 5.35. The largest absolute Gasteiger partial charge is 0.507 e. The van der Waals surface area contributed by atoms with Crippen LogP contribution in [-0.2, 0) is 0 Å². The normalized spacial score (nSPS) is 12.3. The number of rotatable bonds is 6. The summed E-state index contributed by atoms with van der Waals surface area (Å²) >= 11 is 0. The fourth-order valence-electron chi connectivity index (χ4n) is 2.83. The lowest BCUT2D eigenvalue weighted by Crippen LogP contribution is -2.00. The molecular weight excluding hydrogens is 244 g/mol. The van der Waals surface area contributed by atoms with E-state index in [1.807, 2.05) is 18.2 Å². The quantitative estimate of drug-likeness (QED) is 0.708. The highest BCUT2D eigenvalue weighted by Crippen LogP contribution is 2.37. The van der Waals surface area contributed by atoms with E-state index < -0.39 is 0 Å². The van der Waals surface area contributed by atoms with E-state index in [2.05, 4.69) is 38.1 Å². The minimum atomic E-state index is 0.366. The number of hydrogen-bond donors (Lipinski definition) is 1. The van der Waals surface area contributed by atoms with E-state index in [1.54, 1.807) is 6.07 Å². The van der Waals surface area contributed by atoms with E-state index >= 15 is 0 Å². The zero-order chi connectivity index (χ0) is 14.4. The van der Waals surface area contributed by atoms with Gasteiger partial charge in [0.1, 0.15) is 5.75 Å². The van der Waals surface area contributed by atoms with Gasteiger partial charge in [-0.2, -0.15) is 0 Å². The first-order valence-corrected chi connectivity index (χ1v) is 7.65. The standard InChI is InChI=1S/C19H24O/c1-3-5-10-15(4-2)16-11-6-7-12-17(16)18-13-8-9-14-19(18)20/h6-9,11-15,20H,3-5,10H2,1-2H3. The summed E-state index contributed by atoms with van der Waals surface area (Å²) in [7, 11) is 0. The maximum absolute atomic E-state index is 10.1. The molecule has 0 aliphatic heterocycles. The number of unbranched alkanes of at least 4 members (excludes halogenated alkanes) is 1. The highest BCUT2D eigenvalue weighted by molar-refractivity contribution is 5.73. The van der Waals surface area contributed by atoms with Crippen molar-refractivity contribution in [3.05, 3.63) is 54.1 Å². The summed E-state index contributed by atoms with van der Waals surface area (Å²) < 4.78 is 0. The predicted octanol–water partition coefficient (Wildman–Crippen LogP) is 5.74. The zero-order valence-corrected chi connectivity index (χ0v) is 12.5. The smallest absolute Gasteiger partial charge is 0.123 e. The summed E-state index contributed by atoms with van der Waals surface area (Å²) in [5.74, 6) is 0.941. The first kappa shape index (κ1) is 14.6. The van der Waals surface area contributed by atoms with Gasteiger partial charge < -0.3 is 5.11 Å². The maximum atomic E-state index is 10.1. The second kappa shape index (κ2) is 7.14. The lowest BCUT2D eigenvalue weighted by Gasteiger charge is -2.19. The molecule has 0 radical (unpaired) electrons. The Balaban J connectivity index is 2.42. The molecule has 2 rings (SSSR count). The number of phenols is 1. The Bertz CT molecular complexity index is 545. The molecule has 0 aliphatic carbocycles. The molecule has 0 heterocycles. The predicted molar refractivity (Wildman–Crippen MR) is 86.1 cm³/mol. The first-order valence-electron chi connectivity index (χ1n) is 7.65. The van der Waals surface area contributed by atoms with Gasteiger partial charge in [0.05, 0.1) is 0 Å². The van der Waals surface area contributed by atoms with Crippen molar-refractivity contribution in [3.63, 3.8) is 0 Å². The van der Waals surface area contributed by atoms with Gasteiger partial charge in [-0.05, 0) is 36.0 Å². The molecule has 1 heteroatoms. The number of hydrogen-bond acceptors (Lipinski definition) is 1. The Morgan fingerprint density at radius 3 is 2.20 bits per heavy atom. The van der Waals surface area contributed by atoms with Gasteiger partial charge in [-0.1, -0.05) is 69.2 Å². The molecule has 20 heavy (non-hydrogen) atoms. The van der Waals surface area contributed by atoms with Crippen LogP contribution >= 0.6 is 0 Å². The summed E-state index contributed by atoms with van der Waals surface area (Å²) in [6, 6.07) is 16.1. The third-order valence-corrected chi connectivity index (χ3v) is 3.99. The van der Waals surface area contributed by atoms with Crippen molar-refractivity contribution in [2.75, 3.05) is 0 Å². The lowest BCUT2D eigenvalue weighted by molar-refractivity contribution is 0.477. The average molecular weight is 268 g/mol. The molecule has 0 aromatic heterocycles. The number of para-hydroxylation sites is 1. The van der Waals surface area contributed by atoms with Crippen LogP contribution in [0.1, 0.15) is 51.0 Å². The number of benzene rings is 2. The van der Waals surface area contributed by atoms with Gasteiger partial charge >= 0.3 is 0 Å². The van der Waals surface area contributed by atoms with Gasteiger partial charge in [0.25, 0.3) is 0 Å². The second-order valence-electron chi connectivity index (χ2n) is 5.35. The molecule has 0 amide bonds. The van der Waals surface area contributed by atoms with Crippen LogP contribution < -0.4 is 0 Å². The highest BCUT2D eigenvalue weighted by Gasteiger charge is 2.15. The molecule has 106 valence electrons. The summed E-state index contributed by atoms with van der Waals surface area (Å²) in [5.41, 5.74) is 3.48. The first-order chi connectivity index (χ1) is 9.77. The van der Waals surface area contributed by atoms with Crippen LogP contribution in [-0.4, -0.2) is 5.11 Å². The van der Waals surface area contributed by atoms with Crippen molar-refractivity contribution in [2.24, 2.45) is 0 Å². The summed E-state index contributed by atoms with van der Waals surface area (Å²) in [4.78, 5) is 0. The Kier molecular flexibility index (Phi) is 5.23.